The van der Waals surface area contributed by atoms with Crippen molar-refractivity contribution in [3.05, 3.63) is 35.0 Å². The van der Waals surface area contributed by atoms with E-state index in [1.54, 1.807) is 12.1 Å². The topological polar surface area (TPSA) is 79.1 Å². The van der Waals surface area contributed by atoms with Crippen LogP contribution in [0.25, 0.3) is 0 Å². The van der Waals surface area contributed by atoms with E-state index < -0.39 is 0 Å². The van der Waals surface area contributed by atoms with Gasteiger partial charge in [-0.3, -0.25) is 10.4 Å². The smallest absolute Gasteiger partial charge is 0.0949 e. The summed E-state index contributed by atoms with van der Waals surface area (Å²) in [6, 6.07) is 6.07. The molecule has 0 aliphatic rings. The zero-order valence-electron chi connectivity index (χ0n) is 6.08. The standard InChI is InChI=1S/C7H8N2O3/c10-8-5-6-2-1-3-7(4-6)9(11)12/h1-5,10-12H/p-1. The lowest BCUT2D eigenvalue weighted by molar-refractivity contribution is 0.0291. The number of hydrogen-bond donors (Lipinski definition) is 2. The largest absolute Gasteiger partial charge is 0.792 e. The minimum absolute atomic E-state index is 0.0257. The predicted molar refractivity (Wildman–Crippen MR) is 43.5 cm³/mol. The highest BCUT2D eigenvalue weighted by molar-refractivity contribution is 5.81. The molecule has 5 nitrogen and oxygen atoms in total. The molecule has 0 aliphatic heterocycles. The fourth-order valence-electron chi connectivity index (χ4n) is 0.790. The lowest BCUT2D eigenvalue weighted by Crippen LogP contribution is -2.10. The third-order valence-electron chi connectivity index (χ3n) is 1.30. The van der Waals surface area contributed by atoms with E-state index >= 15 is 0 Å². The van der Waals surface area contributed by atoms with Gasteiger partial charge in [-0.05, 0) is 17.7 Å². The van der Waals surface area contributed by atoms with E-state index in [1.807, 2.05) is 0 Å². The van der Waals surface area contributed by atoms with Crippen molar-refractivity contribution >= 4 is 11.9 Å². The van der Waals surface area contributed by atoms with Crippen molar-refractivity contribution in [1.29, 1.82) is 0 Å². The maximum absolute atomic E-state index is 9.81. The molecule has 2 N–H and O–H groups in total. The number of hydrogen-bond acceptors (Lipinski definition) is 5. The highest BCUT2D eigenvalue weighted by Crippen LogP contribution is 2.11. The van der Waals surface area contributed by atoms with Crippen LogP contribution in [-0.4, -0.2) is 16.6 Å². The van der Waals surface area contributed by atoms with Crippen LogP contribution in [0.3, 0.4) is 0 Å². The van der Waals surface area contributed by atoms with Gasteiger partial charge in [0.15, 0.2) is 0 Å². The first kappa shape index (κ1) is 8.51. The average molecular weight is 167 g/mol. The van der Waals surface area contributed by atoms with Crippen LogP contribution >= 0.6 is 0 Å². The van der Waals surface area contributed by atoms with E-state index in [1.165, 1.54) is 12.1 Å². The molecule has 0 bridgehead atoms. The number of rotatable bonds is 2. The highest BCUT2D eigenvalue weighted by atomic mass is 16.8. The van der Waals surface area contributed by atoms with E-state index in [0.29, 0.717) is 5.56 Å². The second kappa shape index (κ2) is 3.70. The molecule has 5 heteroatoms. The van der Waals surface area contributed by atoms with Crippen molar-refractivity contribution < 1.29 is 10.4 Å². The van der Waals surface area contributed by atoms with Crippen LogP contribution in [0.2, 0.25) is 0 Å². The van der Waals surface area contributed by atoms with Crippen molar-refractivity contribution in [2.75, 3.05) is 5.23 Å². The van der Waals surface area contributed by atoms with Crippen LogP contribution in [0, 0.1) is 5.21 Å². The number of benzene rings is 1. The van der Waals surface area contributed by atoms with E-state index in [9.17, 15) is 5.21 Å². The lowest BCUT2D eigenvalue weighted by atomic mass is 10.2. The summed E-state index contributed by atoms with van der Waals surface area (Å²) in [6.07, 6.45) is 1.08. The summed E-state index contributed by atoms with van der Waals surface area (Å²) in [4.78, 5) is 0. The van der Waals surface area contributed by atoms with E-state index in [0.717, 1.165) is 6.21 Å². The second-order valence-electron chi connectivity index (χ2n) is 2.12. The Balaban J connectivity index is 2.95. The number of anilines is 1. The Morgan fingerprint density at radius 3 is 2.75 bits per heavy atom. The van der Waals surface area contributed by atoms with Gasteiger partial charge < -0.3 is 10.4 Å². The zero-order chi connectivity index (χ0) is 8.97. The summed E-state index contributed by atoms with van der Waals surface area (Å²) >= 11 is 0. The summed E-state index contributed by atoms with van der Waals surface area (Å²) in [5.74, 6) is 0. The minimum Gasteiger partial charge on any atom is -0.792 e. The molecule has 0 aromatic heterocycles. The van der Waals surface area contributed by atoms with Crippen molar-refractivity contribution in [3.8, 4) is 0 Å². The molecule has 0 atom stereocenters. The molecule has 12 heavy (non-hydrogen) atoms. The lowest BCUT2D eigenvalue weighted by Gasteiger charge is -2.07. The van der Waals surface area contributed by atoms with Crippen LogP contribution in [0.4, 0.5) is 5.69 Å². The fourth-order valence-corrected chi connectivity index (χ4v) is 0.790. The summed E-state index contributed by atoms with van der Waals surface area (Å²) in [5.41, 5.74) is 0.683. The molecule has 0 saturated heterocycles. The van der Waals surface area contributed by atoms with Crippen molar-refractivity contribution in [1.82, 2.24) is 0 Å². The molecule has 64 valence electrons. The van der Waals surface area contributed by atoms with Gasteiger partial charge in [0.2, 0.25) is 0 Å². The summed E-state index contributed by atoms with van der Waals surface area (Å²) in [6.45, 7) is 0. The van der Waals surface area contributed by atoms with Crippen LogP contribution in [0.15, 0.2) is 29.4 Å². The van der Waals surface area contributed by atoms with Gasteiger partial charge >= 0.3 is 0 Å². The molecule has 0 spiro atoms. The van der Waals surface area contributed by atoms with Crippen LogP contribution in [0.1, 0.15) is 5.56 Å². The molecule has 1 aromatic rings. The fraction of sp³-hybridized carbons (Fsp3) is 0. The molecule has 0 unspecified atom stereocenters. The molecule has 1 rings (SSSR count). The van der Waals surface area contributed by atoms with Gasteiger partial charge in [0.1, 0.15) is 0 Å². The molecule has 0 radical (unpaired) electrons. The zero-order valence-corrected chi connectivity index (χ0v) is 6.08. The Kier molecular flexibility index (Phi) is 2.62. The molecular weight excluding hydrogens is 160 g/mol. The van der Waals surface area contributed by atoms with Crippen LogP contribution in [0.5, 0.6) is 0 Å². The maximum atomic E-state index is 9.81. The Labute approximate surface area is 68.7 Å². The van der Waals surface area contributed by atoms with E-state index in [2.05, 4.69) is 5.16 Å². The predicted octanol–water partition coefficient (Wildman–Crippen LogP) is 1.19. The van der Waals surface area contributed by atoms with Gasteiger partial charge in [-0.15, -0.1) is 5.23 Å². The van der Waals surface area contributed by atoms with Gasteiger partial charge in [-0.2, -0.15) is 0 Å². The summed E-state index contributed by atoms with van der Waals surface area (Å²) in [7, 11) is 0. The first-order chi connectivity index (χ1) is 5.74. The second-order valence-corrected chi connectivity index (χ2v) is 2.12. The first-order valence-electron chi connectivity index (χ1n) is 3.17. The molecule has 0 saturated carbocycles. The normalized spacial score (nSPS) is 10.5. The SMILES string of the molecule is [O-]N=Cc1cccc(N(O)O)c1. The Morgan fingerprint density at radius 2 is 2.17 bits per heavy atom. The van der Waals surface area contributed by atoms with Gasteiger partial charge in [0.05, 0.1) is 5.69 Å². The Morgan fingerprint density at radius 1 is 1.42 bits per heavy atom. The van der Waals surface area contributed by atoms with Gasteiger partial charge in [0.25, 0.3) is 0 Å². The number of nitrogens with zero attached hydrogens (tertiary/aromatic N) is 2. The quantitative estimate of drug-likeness (QED) is 0.512. The summed E-state index contributed by atoms with van der Waals surface area (Å²) < 4.78 is 0. The van der Waals surface area contributed by atoms with Crippen molar-refractivity contribution in [3.63, 3.8) is 0 Å². The third-order valence-corrected chi connectivity index (χ3v) is 1.30. The molecule has 0 fully saturated rings. The van der Waals surface area contributed by atoms with Crippen molar-refractivity contribution in [2.45, 2.75) is 0 Å². The molecule has 1 aromatic carbocycles. The highest BCUT2D eigenvalue weighted by Gasteiger charge is 1.97. The molecular formula is C7H7N2O3-. The first-order valence-corrected chi connectivity index (χ1v) is 3.17. The van der Waals surface area contributed by atoms with E-state index in [-0.39, 0.29) is 10.9 Å². The molecule has 0 heterocycles. The van der Waals surface area contributed by atoms with Crippen LogP contribution < -0.4 is 5.23 Å². The van der Waals surface area contributed by atoms with Crippen LogP contribution in [-0.2, 0) is 0 Å². The Bertz CT molecular complexity index is 286. The molecule has 0 aliphatic carbocycles. The Hall–Kier alpha value is -1.59. The minimum atomic E-state index is -0.0257. The summed E-state index contributed by atoms with van der Waals surface area (Å²) in [5, 5.41) is 29.5. The average Bonchev–Trinajstić information content (AvgIpc) is 2.05. The monoisotopic (exact) mass is 167 g/mol. The molecule has 0 amide bonds. The maximum Gasteiger partial charge on any atom is 0.0949 e. The van der Waals surface area contributed by atoms with Gasteiger partial charge in [-0.25, -0.2) is 0 Å². The van der Waals surface area contributed by atoms with Crippen molar-refractivity contribution in [2.24, 2.45) is 5.16 Å². The van der Waals surface area contributed by atoms with Gasteiger partial charge in [-0.1, -0.05) is 12.1 Å². The third kappa shape index (κ3) is 1.94. The van der Waals surface area contributed by atoms with Gasteiger partial charge in [0, 0.05) is 6.21 Å². The van der Waals surface area contributed by atoms with E-state index in [4.69, 9.17) is 10.4 Å².